The fourth-order valence-electron chi connectivity index (χ4n) is 3.35. The van der Waals surface area contributed by atoms with Crippen molar-refractivity contribution in [1.29, 1.82) is 0 Å². The molecule has 0 spiro atoms. The molecule has 0 saturated heterocycles. The van der Waals surface area contributed by atoms with Crippen LogP contribution in [0.15, 0.2) is 6.20 Å². The summed E-state index contributed by atoms with van der Waals surface area (Å²) in [6, 6.07) is 1.17. The maximum atomic E-state index is 4.72. The quantitative estimate of drug-likeness (QED) is 0.736. The van der Waals surface area contributed by atoms with Gasteiger partial charge in [0.25, 0.3) is 0 Å². The summed E-state index contributed by atoms with van der Waals surface area (Å²) in [6.07, 6.45) is 12.8. The number of nitrogens with one attached hydrogen (secondary N) is 1. The van der Waals surface area contributed by atoms with Crippen LogP contribution < -0.4 is 5.32 Å². The lowest BCUT2D eigenvalue weighted by molar-refractivity contribution is 0.437. The van der Waals surface area contributed by atoms with Gasteiger partial charge in [-0.15, -0.1) is 0 Å². The average Bonchev–Trinajstić information content (AvgIpc) is 2.80. The standard InChI is InChI=1S/C18H33N3/c1-14(2)9-8-10-16(4)21-13-15(3)19-18(21)20-17-11-6-5-7-12-17/h13-14,16-17H,5-12H2,1-4H3,(H,19,20). The largest absolute Gasteiger partial charge is 0.353 e. The van der Waals surface area contributed by atoms with Gasteiger partial charge in [-0.25, -0.2) is 4.98 Å². The van der Waals surface area contributed by atoms with Gasteiger partial charge in [-0.3, -0.25) is 0 Å². The van der Waals surface area contributed by atoms with Crippen LogP contribution in [0.3, 0.4) is 0 Å². The van der Waals surface area contributed by atoms with E-state index in [9.17, 15) is 0 Å². The van der Waals surface area contributed by atoms with E-state index in [0.717, 1.165) is 17.6 Å². The zero-order chi connectivity index (χ0) is 15.2. The molecule has 2 rings (SSSR count). The summed E-state index contributed by atoms with van der Waals surface area (Å²) in [7, 11) is 0. The third-order valence-corrected chi connectivity index (χ3v) is 4.67. The highest BCUT2D eigenvalue weighted by molar-refractivity contribution is 5.31. The number of hydrogen-bond acceptors (Lipinski definition) is 2. The monoisotopic (exact) mass is 291 g/mol. The van der Waals surface area contributed by atoms with E-state index in [2.05, 4.69) is 43.8 Å². The molecule has 3 heteroatoms. The zero-order valence-electron chi connectivity index (χ0n) is 14.4. The van der Waals surface area contributed by atoms with E-state index in [1.165, 1.54) is 51.4 Å². The number of aryl methyl sites for hydroxylation is 1. The van der Waals surface area contributed by atoms with E-state index < -0.39 is 0 Å². The molecule has 1 fully saturated rings. The Morgan fingerprint density at radius 3 is 2.57 bits per heavy atom. The molecule has 0 bridgehead atoms. The molecule has 0 radical (unpaired) electrons. The third kappa shape index (κ3) is 5.05. The van der Waals surface area contributed by atoms with Crippen molar-refractivity contribution in [3.8, 4) is 0 Å². The molecular weight excluding hydrogens is 258 g/mol. The minimum Gasteiger partial charge on any atom is -0.353 e. The lowest BCUT2D eigenvalue weighted by Crippen LogP contribution is -2.24. The molecule has 1 aliphatic rings. The molecule has 120 valence electrons. The van der Waals surface area contributed by atoms with E-state index >= 15 is 0 Å². The van der Waals surface area contributed by atoms with Crippen LogP contribution in [0, 0.1) is 12.8 Å². The van der Waals surface area contributed by atoms with E-state index in [-0.39, 0.29) is 0 Å². The Kier molecular flexibility index (Phi) is 6.13. The van der Waals surface area contributed by atoms with Gasteiger partial charge in [0.2, 0.25) is 5.95 Å². The van der Waals surface area contributed by atoms with Gasteiger partial charge in [0.05, 0.1) is 5.69 Å². The van der Waals surface area contributed by atoms with E-state index in [1.54, 1.807) is 0 Å². The first-order chi connectivity index (χ1) is 10.1. The van der Waals surface area contributed by atoms with Crippen molar-refractivity contribution in [1.82, 2.24) is 9.55 Å². The molecule has 1 unspecified atom stereocenters. The Morgan fingerprint density at radius 1 is 1.19 bits per heavy atom. The predicted octanol–water partition coefficient (Wildman–Crippen LogP) is 5.32. The van der Waals surface area contributed by atoms with Crippen LogP contribution in [0.25, 0.3) is 0 Å². The van der Waals surface area contributed by atoms with Crippen molar-refractivity contribution in [2.75, 3.05) is 5.32 Å². The number of nitrogens with zero attached hydrogens (tertiary/aromatic N) is 2. The number of aromatic nitrogens is 2. The Bertz CT molecular complexity index is 416. The molecule has 1 aromatic heterocycles. The SMILES string of the molecule is Cc1cn(C(C)CCCC(C)C)c(NC2CCCCC2)n1. The second-order valence-electron chi connectivity index (χ2n) is 7.27. The molecule has 3 nitrogen and oxygen atoms in total. The molecule has 1 N–H and O–H groups in total. The average molecular weight is 291 g/mol. The minimum atomic E-state index is 0.538. The van der Waals surface area contributed by atoms with Gasteiger partial charge in [0.15, 0.2) is 0 Å². The van der Waals surface area contributed by atoms with Crippen molar-refractivity contribution in [2.24, 2.45) is 5.92 Å². The highest BCUT2D eigenvalue weighted by Gasteiger charge is 2.18. The lowest BCUT2D eigenvalue weighted by Gasteiger charge is -2.25. The summed E-state index contributed by atoms with van der Waals surface area (Å²) < 4.78 is 2.37. The van der Waals surface area contributed by atoms with Crippen LogP contribution in [0.1, 0.15) is 83.9 Å². The van der Waals surface area contributed by atoms with Crippen molar-refractivity contribution in [3.05, 3.63) is 11.9 Å². The summed E-state index contributed by atoms with van der Waals surface area (Å²) in [4.78, 5) is 4.72. The van der Waals surface area contributed by atoms with Crippen LogP contribution >= 0.6 is 0 Å². The Labute approximate surface area is 130 Å². The molecule has 1 aliphatic carbocycles. The fraction of sp³-hybridized carbons (Fsp3) is 0.833. The first-order valence-electron chi connectivity index (χ1n) is 8.88. The Hall–Kier alpha value is -0.990. The molecule has 0 aromatic carbocycles. The Morgan fingerprint density at radius 2 is 1.90 bits per heavy atom. The van der Waals surface area contributed by atoms with Crippen molar-refractivity contribution < 1.29 is 0 Å². The maximum absolute atomic E-state index is 4.72. The third-order valence-electron chi connectivity index (χ3n) is 4.67. The molecule has 1 atom stereocenters. The van der Waals surface area contributed by atoms with Crippen LogP contribution in [0.2, 0.25) is 0 Å². The van der Waals surface area contributed by atoms with E-state index in [0.29, 0.717) is 12.1 Å². The second kappa shape index (κ2) is 7.86. The van der Waals surface area contributed by atoms with Crippen molar-refractivity contribution in [2.45, 2.75) is 91.1 Å². The summed E-state index contributed by atoms with van der Waals surface area (Å²) in [5.41, 5.74) is 1.13. The number of rotatable bonds is 7. The van der Waals surface area contributed by atoms with Crippen molar-refractivity contribution >= 4 is 5.95 Å². The number of hydrogen-bond donors (Lipinski definition) is 1. The van der Waals surface area contributed by atoms with Crippen LogP contribution in [-0.4, -0.2) is 15.6 Å². The normalized spacial score (nSPS) is 18.1. The summed E-state index contributed by atoms with van der Waals surface area (Å²) in [5.74, 6) is 1.90. The van der Waals surface area contributed by atoms with E-state index in [4.69, 9.17) is 4.98 Å². The molecule has 0 aliphatic heterocycles. The van der Waals surface area contributed by atoms with E-state index in [1.807, 2.05) is 0 Å². The van der Waals surface area contributed by atoms with Gasteiger partial charge < -0.3 is 9.88 Å². The molecule has 21 heavy (non-hydrogen) atoms. The maximum Gasteiger partial charge on any atom is 0.203 e. The van der Waals surface area contributed by atoms with Gasteiger partial charge in [-0.1, -0.05) is 46.0 Å². The van der Waals surface area contributed by atoms with Gasteiger partial charge in [-0.05, 0) is 39.0 Å². The van der Waals surface area contributed by atoms with Crippen LogP contribution in [-0.2, 0) is 0 Å². The number of anilines is 1. The van der Waals surface area contributed by atoms with Gasteiger partial charge in [-0.2, -0.15) is 0 Å². The lowest BCUT2D eigenvalue weighted by atomic mass is 9.96. The number of imidazole rings is 1. The smallest absolute Gasteiger partial charge is 0.203 e. The van der Waals surface area contributed by atoms with Crippen LogP contribution in [0.4, 0.5) is 5.95 Å². The second-order valence-corrected chi connectivity index (χ2v) is 7.27. The topological polar surface area (TPSA) is 29.9 Å². The zero-order valence-corrected chi connectivity index (χ0v) is 14.4. The minimum absolute atomic E-state index is 0.538. The molecule has 1 heterocycles. The van der Waals surface area contributed by atoms with Crippen molar-refractivity contribution in [3.63, 3.8) is 0 Å². The summed E-state index contributed by atoms with van der Waals surface area (Å²) >= 11 is 0. The highest BCUT2D eigenvalue weighted by Crippen LogP contribution is 2.25. The molecule has 1 aromatic rings. The first-order valence-corrected chi connectivity index (χ1v) is 8.88. The first kappa shape index (κ1) is 16.4. The molecule has 1 saturated carbocycles. The Balaban J connectivity index is 1.94. The predicted molar refractivity (Wildman–Crippen MR) is 90.9 cm³/mol. The van der Waals surface area contributed by atoms with Gasteiger partial charge >= 0.3 is 0 Å². The fourth-order valence-corrected chi connectivity index (χ4v) is 3.35. The van der Waals surface area contributed by atoms with Crippen LogP contribution in [0.5, 0.6) is 0 Å². The highest BCUT2D eigenvalue weighted by atomic mass is 15.2. The molecular formula is C18H33N3. The summed E-state index contributed by atoms with van der Waals surface area (Å²) in [6.45, 7) is 9.04. The molecule has 0 amide bonds. The van der Waals surface area contributed by atoms with Gasteiger partial charge in [0.1, 0.15) is 0 Å². The summed E-state index contributed by atoms with van der Waals surface area (Å²) in [5, 5.41) is 3.70. The van der Waals surface area contributed by atoms with Gasteiger partial charge in [0, 0.05) is 18.3 Å².